The molecule has 0 spiro atoms. The normalized spacial score (nSPS) is 10.8. The van der Waals surface area contributed by atoms with Gasteiger partial charge in [-0.2, -0.15) is 0 Å². The molecule has 3 N–H and O–H groups in total. The van der Waals surface area contributed by atoms with Crippen molar-refractivity contribution in [1.29, 1.82) is 0 Å². The van der Waals surface area contributed by atoms with Crippen molar-refractivity contribution in [3.63, 3.8) is 0 Å². The van der Waals surface area contributed by atoms with Gasteiger partial charge in [0.25, 0.3) is 0 Å². The minimum absolute atomic E-state index is 0.0395. The maximum Gasteiger partial charge on any atom is 0.407 e. The Morgan fingerprint density at radius 1 is 0.853 bits per heavy atom. The monoisotopic (exact) mass is 469 g/mol. The molecule has 0 fully saturated rings. The molecule has 0 aliphatic rings. The molecule has 8 heteroatoms. The fraction of sp³-hybridized carbons (Fsp3) is 0.423. The molecule has 0 aromatic heterocycles. The van der Waals surface area contributed by atoms with Gasteiger partial charge >= 0.3 is 6.09 Å². The molecule has 0 bridgehead atoms. The summed E-state index contributed by atoms with van der Waals surface area (Å²) in [6.45, 7) is 8.42. The fourth-order valence-electron chi connectivity index (χ4n) is 2.87. The van der Waals surface area contributed by atoms with Crippen molar-refractivity contribution < 1.29 is 23.9 Å². The molecule has 0 atom stereocenters. The summed E-state index contributed by atoms with van der Waals surface area (Å²) in [5, 5.41) is 8.21. The fourth-order valence-corrected chi connectivity index (χ4v) is 2.87. The molecular formula is C26H35N3O5. The maximum atomic E-state index is 12.0. The van der Waals surface area contributed by atoms with Gasteiger partial charge in [0.2, 0.25) is 11.8 Å². The second kappa shape index (κ2) is 13.2. The number of hydrogen-bond acceptors (Lipinski definition) is 5. The van der Waals surface area contributed by atoms with E-state index in [0.29, 0.717) is 31.7 Å². The first kappa shape index (κ1) is 26.7. The zero-order chi connectivity index (χ0) is 25.0. The highest BCUT2D eigenvalue weighted by Gasteiger charge is 2.15. The molecule has 0 radical (unpaired) electrons. The van der Waals surface area contributed by atoms with Gasteiger partial charge < -0.3 is 25.4 Å². The van der Waals surface area contributed by atoms with Crippen molar-refractivity contribution in [2.24, 2.45) is 0 Å². The minimum atomic E-state index is -0.580. The molecule has 34 heavy (non-hydrogen) atoms. The summed E-state index contributed by atoms with van der Waals surface area (Å²) in [6.07, 6.45) is 0.598. The summed E-state index contributed by atoms with van der Waals surface area (Å²) < 4.78 is 10.8. The first-order valence-electron chi connectivity index (χ1n) is 11.4. The number of carbonyl (C=O) groups is 3. The average molecular weight is 470 g/mol. The van der Waals surface area contributed by atoms with Crippen molar-refractivity contribution >= 4 is 23.6 Å². The van der Waals surface area contributed by atoms with E-state index in [1.165, 1.54) is 5.56 Å². The third-order valence-electron chi connectivity index (χ3n) is 4.59. The van der Waals surface area contributed by atoms with Gasteiger partial charge in [-0.15, -0.1) is 0 Å². The molecular weight excluding hydrogens is 434 g/mol. The van der Waals surface area contributed by atoms with Crippen LogP contribution < -0.4 is 20.7 Å². The van der Waals surface area contributed by atoms with Gasteiger partial charge in [-0.25, -0.2) is 4.79 Å². The zero-order valence-corrected chi connectivity index (χ0v) is 20.4. The number of anilines is 1. The number of carbonyl (C=O) groups excluding carboxylic acids is 3. The predicted molar refractivity (Wildman–Crippen MR) is 132 cm³/mol. The largest absolute Gasteiger partial charge is 0.494 e. The van der Waals surface area contributed by atoms with Crippen LogP contribution in [0.15, 0.2) is 48.5 Å². The van der Waals surface area contributed by atoms with Crippen LogP contribution in [0.1, 0.15) is 51.2 Å². The number of ether oxygens (including phenoxy) is 2. The lowest BCUT2D eigenvalue weighted by Crippen LogP contribution is -2.34. The summed E-state index contributed by atoms with van der Waals surface area (Å²) in [5.74, 6) is 0.546. The molecule has 0 unspecified atom stereocenters. The van der Waals surface area contributed by atoms with Gasteiger partial charge in [0, 0.05) is 31.6 Å². The maximum absolute atomic E-state index is 12.0. The molecule has 2 rings (SSSR count). The van der Waals surface area contributed by atoms with Gasteiger partial charge in [-0.05, 0) is 63.9 Å². The smallest absolute Gasteiger partial charge is 0.407 e. The second-order valence-corrected chi connectivity index (χ2v) is 8.97. The third kappa shape index (κ3) is 11.4. The lowest BCUT2D eigenvalue weighted by Gasteiger charge is -2.19. The second-order valence-electron chi connectivity index (χ2n) is 8.97. The van der Waals surface area contributed by atoms with Crippen LogP contribution in [0.3, 0.4) is 0 Å². The van der Waals surface area contributed by atoms with Gasteiger partial charge in [-0.1, -0.05) is 29.8 Å². The Labute approximate surface area is 201 Å². The summed E-state index contributed by atoms with van der Waals surface area (Å²) in [6, 6.07) is 15.0. The lowest BCUT2D eigenvalue weighted by molar-refractivity contribution is -0.121. The SMILES string of the molecule is Cc1ccc(OCCCC(=O)NCc2ccc(NC(=O)CCNC(=O)OC(C)(C)C)cc2)cc1. The van der Waals surface area contributed by atoms with E-state index in [9.17, 15) is 14.4 Å². The molecule has 0 aliphatic carbocycles. The van der Waals surface area contributed by atoms with Crippen LogP contribution in [0, 0.1) is 6.92 Å². The van der Waals surface area contributed by atoms with Crippen molar-refractivity contribution in [2.45, 2.75) is 59.1 Å². The first-order valence-corrected chi connectivity index (χ1v) is 11.4. The molecule has 0 saturated carbocycles. The van der Waals surface area contributed by atoms with Crippen LogP contribution in [0.2, 0.25) is 0 Å². The summed E-state index contributed by atoms with van der Waals surface area (Å²) in [4.78, 5) is 35.7. The van der Waals surface area contributed by atoms with Crippen LogP contribution in [0.25, 0.3) is 0 Å². The van der Waals surface area contributed by atoms with E-state index in [2.05, 4.69) is 16.0 Å². The van der Waals surface area contributed by atoms with Gasteiger partial charge in [-0.3, -0.25) is 9.59 Å². The highest BCUT2D eigenvalue weighted by atomic mass is 16.6. The number of amides is 3. The van der Waals surface area contributed by atoms with Crippen molar-refractivity contribution in [1.82, 2.24) is 10.6 Å². The summed E-state index contributed by atoms with van der Waals surface area (Å²) >= 11 is 0. The molecule has 2 aromatic rings. The Morgan fingerprint density at radius 3 is 2.18 bits per heavy atom. The van der Waals surface area contributed by atoms with Crippen LogP contribution in [-0.4, -0.2) is 36.7 Å². The minimum Gasteiger partial charge on any atom is -0.494 e. The van der Waals surface area contributed by atoms with Crippen LogP contribution in [0.5, 0.6) is 5.75 Å². The van der Waals surface area contributed by atoms with E-state index >= 15 is 0 Å². The van der Waals surface area contributed by atoms with E-state index < -0.39 is 11.7 Å². The van der Waals surface area contributed by atoms with Crippen molar-refractivity contribution in [3.05, 3.63) is 59.7 Å². The van der Waals surface area contributed by atoms with Crippen molar-refractivity contribution in [3.8, 4) is 5.75 Å². The molecule has 0 saturated heterocycles. The lowest BCUT2D eigenvalue weighted by atomic mass is 10.2. The van der Waals surface area contributed by atoms with E-state index in [4.69, 9.17) is 9.47 Å². The Hall–Kier alpha value is -3.55. The Morgan fingerprint density at radius 2 is 1.53 bits per heavy atom. The molecule has 3 amide bonds. The zero-order valence-electron chi connectivity index (χ0n) is 20.4. The average Bonchev–Trinajstić information content (AvgIpc) is 2.76. The van der Waals surface area contributed by atoms with Gasteiger partial charge in [0.05, 0.1) is 6.61 Å². The molecule has 184 valence electrons. The Kier molecular flexibility index (Phi) is 10.4. The number of benzene rings is 2. The van der Waals surface area contributed by atoms with E-state index in [1.807, 2.05) is 43.3 Å². The number of nitrogens with one attached hydrogen (secondary N) is 3. The Balaban J connectivity index is 1.60. The molecule has 8 nitrogen and oxygen atoms in total. The molecule has 2 aromatic carbocycles. The predicted octanol–water partition coefficient (Wildman–Crippen LogP) is 4.32. The number of alkyl carbamates (subject to hydrolysis) is 1. The molecule has 0 aliphatic heterocycles. The molecule has 0 heterocycles. The standard InChI is InChI=1S/C26H35N3O5/c1-19-7-13-22(14-8-19)33-17-5-6-23(30)28-18-20-9-11-21(12-10-20)29-24(31)15-16-27-25(32)34-26(2,3)4/h7-14H,5-6,15-18H2,1-4H3,(H,27,32)(H,28,30)(H,29,31). The Bertz CT molecular complexity index is 934. The first-order chi connectivity index (χ1) is 16.1. The number of hydrogen-bond donors (Lipinski definition) is 3. The van der Waals surface area contributed by atoms with Crippen molar-refractivity contribution in [2.75, 3.05) is 18.5 Å². The third-order valence-corrected chi connectivity index (χ3v) is 4.59. The quantitative estimate of drug-likeness (QED) is 0.425. The van der Waals surface area contributed by atoms with E-state index in [0.717, 1.165) is 11.3 Å². The summed E-state index contributed by atoms with van der Waals surface area (Å²) in [5.41, 5.74) is 2.16. The van der Waals surface area contributed by atoms with E-state index in [1.54, 1.807) is 32.9 Å². The van der Waals surface area contributed by atoms with Crippen LogP contribution >= 0.6 is 0 Å². The van der Waals surface area contributed by atoms with E-state index in [-0.39, 0.29) is 24.8 Å². The van der Waals surface area contributed by atoms with Gasteiger partial charge in [0.1, 0.15) is 11.4 Å². The van der Waals surface area contributed by atoms with Crippen LogP contribution in [-0.2, 0) is 20.9 Å². The summed E-state index contributed by atoms with van der Waals surface area (Å²) in [7, 11) is 0. The number of rotatable bonds is 11. The highest BCUT2D eigenvalue weighted by molar-refractivity contribution is 5.91. The van der Waals surface area contributed by atoms with Crippen LogP contribution in [0.4, 0.5) is 10.5 Å². The van der Waals surface area contributed by atoms with Gasteiger partial charge in [0.15, 0.2) is 0 Å². The topological polar surface area (TPSA) is 106 Å². The number of aryl methyl sites for hydroxylation is 1. The highest BCUT2D eigenvalue weighted by Crippen LogP contribution is 2.12.